The van der Waals surface area contributed by atoms with Crippen LogP contribution in [-0.2, 0) is 4.79 Å². The second kappa shape index (κ2) is 4.71. The predicted octanol–water partition coefficient (Wildman–Crippen LogP) is -2.39. The van der Waals surface area contributed by atoms with E-state index in [-0.39, 0.29) is 5.78 Å². The van der Waals surface area contributed by atoms with Crippen molar-refractivity contribution in [3.8, 4) is 0 Å². The van der Waals surface area contributed by atoms with Crippen molar-refractivity contribution in [3.63, 3.8) is 0 Å². The lowest BCUT2D eigenvalue weighted by Gasteiger charge is -2.65. The van der Waals surface area contributed by atoms with Crippen LogP contribution in [0.5, 0.6) is 0 Å². The zero-order valence-corrected chi connectivity index (χ0v) is 12.4. The molecule has 0 spiro atoms. The highest BCUT2D eigenvalue weighted by atomic mass is 16.4. The van der Waals surface area contributed by atoms with Gasteiger partial charge in [0.05, 0.1) is 23.6 Å². The number of carbonyl (C=O) groups excluding carboxylic acids is 1. The Hall–Kier alpha value is -0.570. The number of hydrogen-bond donors (Lipinski definition) is 4. The van der Waals surface area contributed by atoms with Crippen LogP contribution in [-0.4, -0.2) is 93.3 Å². The molecule has 120 valence electrons. The van der Waals surface area contributed by atoms with Gasteiger partial charge in [0.2, 0.25) is 0 Å². The van der Waals surface area contributed by atoms with Crippen molar-refractivity contribution in [2.45, 2.75) is 38.3 Å². The summed E-state index contributed by atoms with van der Waals surface area (Å²) >= 11 is 0. The van der Waals surface area contributed by atoms with Crippen LogP contribution in [0.25, 0.3) is 0 Å². The summed E-state index contributed by atoms with van der Waals surface area (Å²) in [6, 6.07) is 0. The molecule has 0 radical (unpaired) electrons. The largest absolute Gasteiger partial charge is 0.394 e. The lowest BCUT2D eigenvalue weighted by atomic mass is 9.61. The highest BCUT2D eigenvalue weighted by Crippen LogP contribution is 2.48. The molecule has 4 N–H and O–H groups in total. The molecular formula is C14H24N2O5. The average Bonchev–Trinajstić information content (AvgIpc) is 2.41. The van der Waals surface area contributed by atoms with E-state index < -0.39 is 41.9 Å². The zero-order chi connectivity index (χ0) is 15.6. The maximum Gasteiger partial charge on any atom is 0.149 e. The van der Waals surface area contributed by atoms with E-state index in [1.165, 1.54) is 0 Å². The number of piperidine rings is 2. The van der Waals surface area contributed by atoms with Gasteiger partial charge in [-0.3, -0.25) is 14.6 Å². The summed E-state index contributed by atoms with van der Waals surface area (Å²) in [5.41, 5.74) is -0.857. The van der Waals surface area contributed by atoms with Crippen molar-refractivity contribution < 1.29 is 25.2 Å². The molecule has 4 heterocycles. The van der Waals surface area contributed by atoms with Crippen LogP contribution in [0, 0.1) is 10.8 Å². The number of carbonyl (C=O) groups is 1. The molecule has 4 aliphatic heterocycles. The van der Waals surface area contributed by atoms with E-state index in [2.05, 4.69) is 0 Å². The molecule has 0 amide bonds. The molecule has 4 saturated heterocycles. The van der Waals surface area contributed by atoms with Crippen LogP contribution in [0.4, 0.5) is 0 Å². The predicted molar refractivity (Wildman–Crippen MR) is 73.3 cm³/mol. The summed E-state index contributed by atoms with van der Waals surface area (Å²) < 4.78 is 0. The minimum atomic E-state index is -1.41. The van der Waals surface area contributed by atoms with Gasteiger partial charge in [0.25, 0.3) is 0 Å². The molecule has 3 atom stereocenters. The Morgan fingerprint density at radius 3 is 1.90 bits per heavy atom. The van der Waals surface area contributed by atoms with Gasteiger partial charge in [-0.2, -0.15) is 0 Å². The monoisotopic (exact) mass is 300 g/mol. The van der Waals surface area contributed by atoms with Crippen molar-refractivity contribution in [2.24, 2.45) is 10.8 Å². The molecule has 0 aromatic rings. The molecule has 7 nitrogen and oxygen atoms in total. The third-order valence-corrected chi connectivity index (χ3v) is 5.29. The Bertz CT molecular complexity index is 417. The van der Waals surface area contributed by atoms with E-state index in [1.54, 1.807) is 0 Å². The third kappa shape index (κ3) is 2.07. The van der Waals surface area contributed by atoms with Crippen molar-refractivity contribution >= 4 is 5.78 Å². The van der Waals surface area contributed by atoms with Crippen LogP contribution in [0.1, 0.15) is 13.8 Å². The van der Waals surface area contributed by atoms with Crippen LogP contribution in [0.2, 0.25) is 0 Å². The maximum absolute atomic E-state index is 12.5. The smallest absolute Gasteiger partial charge is 0.149 e. The molecule has 4 fully saturated rings. The third-order valence-electron chi connectivity index (χ3n) is 5.29. The standard InChI is InChI=1S/C14H24N2O5/c1-13-4-15-6-14(2,12(13)21)7-16(5-13)11(15)10(20)9(19)8(18)3-17/h8-11,17-20H,3-7H2,1-2H3. The molecule has 0 saturated carbocycles. The lowest BCUT2D eigenvalue weighted by molar-refractivity contribution is -0.225. The molecule has 3 unspecified atom stereocenters. The van der Waals surface area contributed by atoms with Crippen molar-refractivity contribution in [3.05, 3.63) is 0 Å². The van der Waals surface area contributed by atoms with E-state index in [9.17, 15) is 20.1 Å². The Balaban J connectivity index is 1.84. The SMILES string of the molecule is CC12CN3CC(C)(CN(C1)C3C(O)C(O)C(O)CO)C2=O. The summed E-state index contributed by atoms with van der Waals surface area (Å²) in [6.45, 7) is 5.53. The van der Waals surface area contributed by atoms with E-state index in [1.807, 2.05) is 23.6 Å². The molecule has 0 aromatic heterocycles. The Morgan fingerprint density at radius 1 is 1.10 bits per heavy atom. The number of aliphatic hydroxyl groups excluding tert-OH is 4. The van der Waals surface area contributed by atoms with Gasteiger partial charge >= 0.3 is 0 Å². The number of hydrogen-bond acceptors (Lipinski definition) is 7. The van der Waals surface area contributed by atoms with Gasteiger partial charge in [-0.05, 0) is 0 Å². The first kappa shape index (κ1) is 15.3. The Labute approximate surface area is 123 Å². The molecule has 4 bridgehead atoms. The van der Waals surface area contributed by atoms with Crippen molar-refractivity contribution in [2.75, 3.05) is 32.8 Å². The highest BCUT2D eigenvalue weighted by Gasteiger charge is 2.63. The fourth-order valence-corrected chi connectivity index (χ4v) is 4.57. The van der Waals surface area contributed by atoms with Crippen LogP contribution in [0.15, 0.2) is 0 Å². The topological polar surface area (TPSA) is 104 Å². The summed E-state index contributed by atoms with van der Waals surface area (Å²) in [5, 5.41) is 38.8. The second-order valence-electron chi connectivity index (χ2n) is 7.41. The zero-order valence-electron chi connectivity index (χ0n) is 12.4. The van der Waals surface area contributed by atoms with Crippen molar-refractivity contribution in [1.82, 2.24) is 9.80 Å². The molecular weight excluding hydrogens is 276 g/mol. The van der Waals surface area contributed by atoms with Gasteiger partial charge in [-0.1, -0.05) is 13.8 Å². The first-order chi connectivity index (χ1) is 9.72. The molecule has 0 aromatic carbocycles. The summed E-state index contributed by atoms with van der Waals surface area (Å²) in [4.78, 5) is 16.6. The quantitative estimate of drug-likeness (QED) is 0.459. The maximum atomic E-state index is 12.5. The highest BCUT2D eigenvalue weighted by molar-refractivity contribution is 5.92. The second-order valence-corrected chi connectivity index (χ2v) is 7.41. The Morgan fingerprint density at radius 2 is 1.52 bits per heavy atom. The lowest BCUT2D eigenvalue weighted by Crippen LogP contribution is -2.80. The van der Waals surface area contributed by atoms with Gasteiger partial charge in [-0.15, -0.1) is 0 Å². The van der Waals surface area contributed by atoms with E-state index in [4.69, 9.17) is 5.11 Å². The summed E-state index contributed by atoms with van der Waals surface area (Å²) in [6.07, 6.45) is -4.38. The molecule has 7 heteroatoms. The number of aliphatic hydroxyl groups is 4. The molecule has 4 aliphatic rings. The molecule has 0 aliphatic carbocycles. The number of Topliss-reactive ketones (excluding diaryl/α,β-unsaturated/α-hetero) is 1. The minimum absolute atomic E-state index is 0.284. The van der Waals surface area contributed by atoms with E-state index in [0.717, 1.165) is 0 Å². The van der Waals surface area contributed by atoms with Gasteiger partial charge in [0.15, 0.2) is 0 Å². The van der Waals surface area contributed by atoms with Crippen LogP contribution >= 0.6 is 0 Å². The minimum Gasteiger partial charge on any atom is -0.394 e. The summed E-state index contributed by atoms with van der Waals surface area (Å²) in [7, 11) is 0. The number of ketones is 1. The van der Waals surface area contributed by atoms with Gasteiger partial charge in [0.1, 0.15) is 24.1 Å². The fourth-order valence-electron chi connectivity index (χ4n) is 4.57. The van der Waals surface area contributed by atoms with Crippen LogP contribution in [0.3, 0.4) is 0 Å². The first-order valence-corrected chi connectivity index (χ1v) is 7.40. The van der Waals surface area contributed by atoms with E-state index in [0.29, 0.717) is 26.2 Å². The van der Waals surface area contributed by atoms with Gasteiger partial charge in [0, 0.05) is 26.2 Å². The summed E-state index contributed by atoms with van der Waals surface area (Å²) in [5.74, 6) is 0.284. The normalized spacial score (nSPS) is 49.2. The average molecular weight is 300 g/mol. The molecule has 4 rings (SSSR count). The fraction of sp³-hybridized carbons (Fsp3) is 0.929. The first-order valence-electron chi connectivity index (χ1n) is 7.40. The van der Waals surface area contributed by atoms with Gasteiger partial charge in [-0.25, -0.2) is 0 Å². The number of nitrogens with zero attached hydrogens (tertiary/aromatic N) is 2. The Kier molecular flexibility index (Phi) is 3.44. The number of rotatable bonds is 4. The van der Waals surface area contributed by atoms with E-state index >= 15 is 0 Å². The van der Waals surface area contributed by atoms with Gasteiger partial charge < -0.3 is 20.4 Å². The van der Waals surface area contributed by atoms with Crippen LogP contribution < -0.4 is 0 Å². The molecule has 21 heavy (non-hydrogen) atoms. The van der Waals surface area contributed by atoms with Crippen molar-refractivity contribution in [1.29, 1.82) is 0 Å².